The van der Waals surface area contributed by atoms with Gasteiger partial charge in [-0.25, -0.2) is 0 Å². The van der Waals surface area contributed by atoms with Gasteiger partial charge in [0.05, 0.1) is 25.6 Å². The molecule has 2 aliphatic heterocycles. The Morgan fingerprint density at radius 1 is 1.19 bits per heavy atom. The Balaban J connectivity index is 2.07. The van der Waals surface area contributed by atoms with E-state index in [0.717, 1.165) is 10.5 Å². The van der Waals surface area contributed by atoms with E-state index in [1.807, 2.05) is 19.1 Å². The van der Waals surface area contributed by atoms with E-state index >= 15 is 0 Å². The molecule has 2 amide bonds. The van der Waals surface area contributed by atoms with Crippen molar-refractivity contribution in [2.45, 2.75) is 31.8 Å². The van der Waals surface area contributed by atoms with Gasteiger partial charge in [-0.2, -0.15) is 0 Å². The van der Waals surface area contributed by atoms with Gasteiger partial charge in [0.15, 0.2) is 0 Å². The van der Waals surface area contributed by atoms with Crippen LogP contribution in [-0.4, -0.2) is 49.0 Å². The third-order valence-electron chi connectivity index (χ3n) is 5.55. The minimum absolute atomic E-state index is 0.213. The molecular formula is C19H24N2O5. The van der Waals surface area contributed by atoms with Crippen LogP contribution in [0.1, 0.15) is 31.9 Å². The molecule has 1 N–H and O–H groups in total. The quantitative estimate of drug-likeness (QED) is 0.629. The maximum absolute atomic E-state index is 12.8. The van der Waals surface area contributed by atoms with E-state index in [-0.39, 0.29) is 18.4 Å². The Kier molecular flexibility index (Phi) is 4.75. The van der Waals surface area contributed by atoms with Gasteiger partial charge in [0.2, 0.25) is 11.8 Å². The molecule has 0 radical (unpaired) electrons. The molecule has 0 saturated carbocycles. The molecule has 2 fully saturated rings. The fourth-order valence-corrected chi connectivity index (χ4v) is 4.16. The maximum atomic E-state index is 12.8. The summed E-state index contributed by atoms with van der Waals surface area (Å²) >= 11 is 0. The average molecular weight is 360 g/mol. The van der Waals surface area contributed by atoms with Gasteiger partial charge in [0.25, 0.3) is 0 Å². The van der Waals surface area contributed by atoms with Gasteiger partial charge in [-0.05, 0) is 31.0 Å². The van der Waals surface area contributed by atoms with E-state index in [9.17, 15) is 14.4 Å². The molecule has 1 aromatic rings. The Morgan fingerprint density at radius 3 is 2.38 bits per heavy atom. The van der Waals surface area contributed by atoms with Crippen LogP contribution in [0.2, 0.25) is 0 Å². The lowest BCUT2D eigenvalue weighted by Gasteiger charge is -2.31. The summed E-state index contributed by atoms with van der Waals surface area (Å²) in [7, 11) is 3.05. The van der Waals surface area contributed by atoms with Crippen LogP contribution in [0, 0.1) is 11.8 Å². The number of fused-ring (bicyclic) bond motifs is 1. The summed E-state index contributed by atoms with van der Waals surface area (Å²) in [6.45, 7) is 3.76. The fraction of sp³-hybridized carbons (Fsp3) is 0.526. The van der Waals surface area contributed by atoms with Crippen molar-refractivity contribution in [1.29, 1.82) is 0 Å². The number of hydrogen-bond acceptors (Lipinski definition) is 6. The summed E-state index contributed by atoms with van der Waals surface area (Å²) in [6.07, 6.45) is 0.354. The predicted octanol–water partition coefficient (Wildman–Crippen LogP) is 1.28. The van der Waals surface area contributed by atoms with Crippen molar-refractivity contribution in [3.63, 3.8) is 0 Å². The molecule has 0 bridgehead atoms. The monoisotopic (exact) mass is 360 g/mol. The van der Waals surface area contributed by atoms with E-state index in [2.05, 4.69) is 5.32 Å². The number of benzene rings is 1. The predicted molar refractivity (Wildman–Crippen MR) is 93.3 cm³/mol. The molecule has 2 saturated heterocycles. The van der Waals surface area contributed by atoms with Crippen molar-refractivity contribution in [2.24, 2.45) is 11.8 Å². The molecule has 0 spiro atoms. The molecule has 0 aromatic heterocycles. The topological polar surface area (TPSA) is 84.9 Å². The Hall–Kier alpha value is -2.41. The van der Waals surface area contributed by atoms with Gasteiger partial charge in [-0.15, -0.1) is 0 Å². The molecule has 2 heterocycles. The zero-order chi connectivity index (χ0) is 19.1. The number of hydrogen-bond donors (Lipinski definition) is 1. The molecule has 3 rings (SSSR count). The van der Waals surface area contributed by atoms with Crippen LogP contribution in [0.3, 0.4) is 0 Å². The number of imide groups is 1. The Bertz CT molecular complexity index is 732. The van der Waals surface area contributed by atoms with E-state index < -0.39 is 29.4 Å². The summed E-state index contributed by atoms with van der Waals surface area (Å²) in [5.74, 6) is -1.79. The zero-order valence-corrected chi connectivity index (χ0v) is 15.4. The third-order valence-corrected chi connectivity index (χ3v) is 5.55. The van der Waals surface area contributed by atoms with Gasteiger partial charge in [-0.3, -0.25) is 24.6 Å². The van der Waals surface area contributed by atoms with Crippen LogP contribution in [0.5, 0.6) is 5.75 Å². The summed E-state index contributed by atoms with van der Waals surface area (Å²) in [5.41, 5.74) is -0.375. The number of methoxy groups -OCH3 is 1. The minimum atomic E-state index is -1.21. The third kappa shape index (κ3) is 2.49. The van der Waals surface area contributed by atoms with E-state index in [1.54, 1.807) is 26.2 Å². The number of ether oxygens (including phenoxy) is 2. The van der Waals surface area contributed by atoms with Gasteiger partial charge in [-0.1, -0.05) is 19.1 Å². The number of nitrogens with zero attached hydrogens (tertiary/aromatic N) is 1. The second kappa shape index (κ2) is 6.72. The second-order valence-corrected chi connectivity index (χ2v) is 6.68. The molecule has 2 aliphatic rings. The number of amides is 2. The second-order valence-electron chi connectivity index (χ2n) is 6.68. The lowest BCUT2D eigenvalue weighted by Crippen LogP contribution is -2.55. The van der Waals surface area contributed by atoms with Gasteiger partial charge >= 0.3 is 5.97 Å². The normalized spacial score (nSPS) is 30.5. The van der Waals surface area contributed by atoms with Gasteiger partial charge in [0.1, 0.15) is 11.3 Å². The number of carbonyl (C=O) groups excluding carboxylic acids is 3. The molecule has 0 aliphatic carbocycles. The molecular weight excluding hydrogens is 336 g/mol. The first kappa shape index (κ1) is 18.4. The van der Waals surface area contributed by atoms with Crippen molar-refractivity contribution < 1.29 is 23.9 Å². The first-order valence-corrected chi connectivity index (χ1v) is 8.81. The minimum Gasteiger partial charge on any atom is -0.497 e. The summed E-state index contributed by atoms with van der Waals surface area (Å²) < 4.78 is 10.4. The lowest BCUT2D eigenvalue weighted by atomic mass is 9.78. The summed E-state index contributed by atoms with van der Waals surface area (Å²) in [5, 5.41) is 3.29. The number of rotatable bonds is 5. The number of esters is 1. The number of nitrogens with one attached hydrogen (secondary N) is 1. The molecule has 4 atom stereocenters. The molecule has 26 heavy (non-hydrogen) atoms. The molecule has 7 heteroatoms. The van der Waals surface area contributed by atoms with Crippen molar-refractivity contribution in [1.82, 2.24) is 10.2 Å². The molecule has 0 unspecified atom stereocenters. The highest BCUT2D eigenvalue weighted by Gasteiger charge is 2.67. The standard InChI is InChI=1S/C19H24N2O5/c1-5-19(18(24)26-6-2)14-13(16(22)21(3)17(14)23)15(20-19)11-7-9-12(25-4)10-8-11/h7-10,13-15,20H,5-6H2,1-4H3/t13-,14+,15-,19+/m0/s1. The largest absolute Gasteiger partial charge is 0.497 e. The van der Waals surface area contributed by atoms with Crippen LogP contribution in [0.15, 0.2) is 24.3 Å². The molecule has 140 valence electrons. The highest BCUT2D eigenvalue weighted by molar-refractivity contribution is 6.09. The van der Waals surface area contributed by atoms with Crippen LogP contribution in [0.25, 0.3) is 0 Å². The van der Waals surface area contributed by atoms with Crippen molar-refractivity contribution in [2.75, 3.05) is 20.8 Å². The first-order valence-electron chi connectivity index (χ1n) is 8.81. The lowest BCUT2D eigenvalue weighted by molar-refractivity contribution is -0.156. The zero-order valence-electron chi connectivity index (χ0n) is 15.4. The fourth-order valence-electron chi connectivity index (χ4n) is 4.16. The van der Waals surface area contributed by atoms with E-state index in [1.165, 1.54) is 7.05 Å². The smallest absolute Gasteiger partial charge is 0.327 e. The van der Waals surface area contributed by atoms with Crippen molar-refractivity contribution >= 4 is 17.8 Å². The Labute approximate surface area is 152 Å². The SMILES string of the molecule is CCOC(=O)[C@]1(CC)N[C@@H](c2ccc(OC)cc2)[C@H]2C(=O)N(C)C(=O)[C@@H]21. The highest BCUT2D eigenvalue weighted by atomic mass is 16.5. The number of carbonyl (C=O) groups is 3. The number of likely N-dealkylation sites (tertiary alicyclic amines) is 1. The van der Waals surface area contributed by atoms with Crippen molar-refractivity contribution in [3.05, 3.63) is 29.8 Å². The van der Waals surface area contributed by atoms with Crippen molar-refractivity contribution in [3.8, 4) is 5.75 Å². The van der Waals surface area contributed by atoms with Gasteiger partial charge in [0, 0.05) is 13.1 Å². The average Bonchev–Trinajstić information content (AvgIpc) is 3.12. The first-order chi connectivity index (χ1) is 12.4. The molecule has 7 nitrogen and oxygen atoms in total. The highest BCUT2D eigenvalue weighted by Crippen LogP contribution is 2.50. The van der Waals surface area contributed by atoms with Gasteiger partial charge < -0.3 is 9.47 Å². The van der Waals surface area contributed by atoms with Crippen LogP contribution >= 0.6 is 0 Å². The summed E-state index contributed by atoms with van der Waals surface area (Å²) in [4.78, 5) is 39.5. The Morgan fingerprint density at radius 2 is 1.85 bits per heavy atom. The van der Waals surface area contributed by atoms with Crippen LogP contribution in [0.4, 0.5) is 0 Å². The maximum Gasteiger partial charge on any atom is 0.327 e. The molecule has 1 aromatic carbocycles. The summed E-state index contributed by atoms with van der Waals surface area (Å²) in [6, 6.07) is 6.85. The van der Waals surface area contributed by atoms with E-state index in [4.69, 9.17) is 9.47 Å². The van der Waals surface area contributed by atoms with Crippen LogP contribution in [-0.2, 0) is 19.1 Å². The van der Waals surface area contributed by atoms with E-state index in [0.29, 0.717) is 12.2 Å². The van der Waals surface area contributed by atoms with Crippen LogP contribution < -0.4 is 10.1 Å².